The summed E-state index contributed by atoms with van der Waals surface area (Å²) in [5.74, 6) is 0.00400. The number of ether oxygens (including phenoxy) is 1. The van der Waals surface area contributed by atoms with E-state index in [4.69, 9.17) is 10.00 Å². The average molecular weight is 326 g/mol. The maximum Gasteiger partial charge on any atom is 0.338 e. The van der Waals surface area contributed by atoms with Gasteiger partial charge in [-0.25, -0.2) is 4.79 Å². The number of carbonyl (C=O) groups excluding carboxylic acids is 2. The first kappa shape index (κ1) is 16.5. The van der Waals surface area contributed by atoms with Crippen LogP contribution in [-0.2, 0) is 9.53 Å². The van der Waals surface area contributed by atoms with E-state index in [0.29, 0.717) is 23.1 Å². The maximum absolute atomic E-state index is 12.5. The van der Waals surface area contributed by atoms with E-state index in [1.807, 2.05) is 11.0 Å². The van der Waals surface area contributed by atoms with Crippen LogP contribution >= 0.6 is 0 Å². The SMILES string of the molecule is N#Cc1ccc(C(=O)OCC(=O)N2CCC[C@@H]3CCCC[C@@H]32)cc1. The van der Waals surface area contributed by atoms with Crippen LogP contribution in [-0.4, -0.2) is 36.0 Å². The van der Waals surface area contributed by atoms with Crippen molar-refractivity contribution >= 4 is 11.9 Å². The lowest BCUT2D eigenvalue weighted by Crippen LogP contribution is -2.50. The molecule has 5 heteroatoms. The minimum absolute atomic E-state index is 0.0893. The molecule has 1 heterocycles. The van der Waals surface area contributed by atoms with Gasteiger partial charge in [-0.05, 0) is 55.9 Å². The second-order valence-corrected chi connectivity index (χ2v) is 6.61. The molecule has 1 aliphatic heterocycles. The fourth-order valence-electron chi connectivity index (χ4n) is 3.91. The van der Waals surface area contributed by atoms with Gasteiger partial charge in [-0.15, -0.1) is 0 Å². The molecule has 5 nitrogen and oxygen atoms in total. The van der Waals surface area contributed by atoms with Gasteiger partial charge < -0.3 is 9.64 Å². The standard InChI is InChI=1S/C19H22N2O3/c20-12-14-7-9-16(10-8-14)19(23)24-13-18(22)21-11-3-5-15-4-1-2-6-17(15)21/h7-10,15,17H,1-6,11,13H2/t15-,17-/m0/s1. The van der Waals surface area contributed by atoms with Crippen molar-refractivity contribution in [1.29, 1.82) is 5.26 Å². The van der Waals surface area contributed by atoms with Crippen LogP contribution in [0.2, 0.25) is 0 Å². The highest BCUT2D eigenvalue weighted by molar-refractivity contribution is 5.91. The predicted molar refractivity (Wildman–Crippen MR) is 88.1 cm³/mol. The van der Waals surface area contributed by atoms with Gasteiger partial charge in [-0.3, -0.25) is 4.79 Å². The summed E-state index contributed by atoms with van der Waals surface area (Å²) in [6.45, 7) is 0.566. The number of hydrogen-bond acceptors (Lipinski definition) is 4. The minimum atomic E-state index is -0.523. The molecular formula is C19H22N2O3. The number of rotatable bonds is 3. The molecule has 3 rings (SSSR count). The van der Waals surface area contributed by atoms with E-state index in [0.717, 1.165) is 19.4 Å². The van der Waals surface area contributed by atoms with Crippen LogP contribution in [0.25, 0.3) is 0 Å². The second kappa shape index (κ2) is 7.48. The van der Waals surface area contributed by atoms with Crippen molar-refractivity contribution in [2.75, 3.05) is 13.2 Å². The monoisotopic (exact) mass is 326 g/mol. The number of benzene rings is 1. The molecule has 1 saturated carbocycles. The summed E-state index contributed by atoms with van der Waals surface area (Å²) in [5, 5.41) is 8.77. The average Bonchev–Trinajstić information content (AvgIpc) is 2.65. The molecule has 0 bridgehead atoms. The van der Waals surface area contributed by atoms with Crippen molar-refractivity contribution in [3.63, 3.8) is 0 Å². The molecule has 1 aliphatic carbocycles. The van der Waals surface area contributed by atoms with Gasteiger partial charge in [0, 0.05) is 12.6 Å². The highest BCUT2D eigenvalue weighted by atomic mass is 16.5. The summed E-state index contributed by atoms with van der Waals surface area (Å²) in [6.07, 6.45) is 6.96. The lowest BCUT2D eigenvalue weighted by Gasteiger charge is -2.44. The first-order chi connectivity index (χ1) is 11.7. The second-order valence-electron chi connectivity index (χ2n) is 6.61. The molecular weight excluding hydrogens is 304 g/mol. The largest absolute Gasteiger partial charge is 0.452 e. The van der Waals surface area contributed by atoms with E-state index in [1.54, 1.807) is 24.3 Å². The molecule has 1 amide bonds. The summed E-state index contributed by atoms with van der Waals surface area (Å²) >= 11 is 0. The molecule has 0 radical (unpaired) electrons. The van der Waals surface area contributed by atoms with Crippen LogP contribution < -0.4 is 0 Å². The fourth-order valence-corrected chi connectivity index (χ4v) is 3.91. The van der Waals surface area contributed by atoms with Gasteiger partial charge in [0.25, 0.3) is 5.91 Å². The molecule has 126 valence electrons. The number of piperidine rings is 1. The van der Waals surface area contributed by atoms with Gasteiger partial charge >= 0.3 is 5.97 Å². The number of likely N-dealkylation sites (tertiary alicyclic amines) is 1. The number of fused-ring (bicyclic) bond motifs is 1. The van der Waals surface area contributed by atoms with Crippen molar-refractivity contribution in [2.45, 2.75) is 44.6 Å². The third kappa shape index (κ3) is 3.59. The van der Waals surface area contributed by atoms with E-state index in [9.17, 15) is 9.59 Å². The molecule has 2 fully saturated rings. The van der Waals surface area contributed by atoms with Crippen molar-refractivity contribution in [3.05, 3.63) is 35.4 Å². The molecule has 2 aliphatic rings. The van der Waals surface area contributed by atoms with Gasteiger partial charge in [-0.2, -0.15) is 5.26 Å². The van der Waals surface area contributed by atoms with Crippen LogP contribution in [0.4, 0.5) is 0 Å². The van der Waals surface area contributed by atoms with Crippen molar-refractivity contribution in [1.82, 2.24) is 4.90 Å². The highest BCUT2D eigenvalue weighted by Gasteiger charge is 2.35. The van der Waals surface area contributed by atoms with Crippen LogP contribution in [0.1, 0.15) is 54.4 Å². The third-order valence-corrected chi connectivity index (χ3v) is 5.14. The van der Waals surface area contributed by atoms with Crippen molar-refractivity contribution in [3.8, 4) is 6.07 Å². The molecule has 1 aromatic carbocycles. The topological polar surface area (TPSA) is 70.4 Å². The number of amides is 1. The van der Waals surface area contributed by atoms with E-state index in [1.165, 1.54) is 25.7 Å². The Morgan fingerprint density at radius 3 is 2.58 bits per heavy atom. The van der Waals surface area contributed by atoms with E-state index in [2.05, 4.69) is 0 Å². The van der Waals surface area contributed by atoms with Crippen LogP contribution in [0.3, 0.4) is 0 Å². The summed E-state index contributed by atoms with van der Waals surface area (Å²) in [4.78, 5) is 26.5. The molecule has 2 atom stereocenters. The minimum Gasteiger partial charge on any atom is -0.452 e. The Labute approximate surface area is 142 Å². The molecule has 24 heavy (non-hydrogen) atoms. The maximum atomic E-state index is 12.5. The molecule has 0 spiro atoms. The van der Waals surface area contributed by atoms with Gasteiger partial charge in [0.2, 0.25) is 0 Å². The molecule has 0 unspecified atom stereocenters. The van der Waals surface area contributed by atoms with Gasteiger partial charge in [0.1, 0.15) is 0 Å². The zero-order valence-electron chi connectivity index (χ0n) is 13.7. The molecule has 0 N–H and O–H groups in total. The Morgan fingerprint density at radius 2 is 1.83 bits per heavy atom. The lowest BCUT2D eigenvalue weighted by molar-refractivity contribution is -0.140. The quantitative estimate of drug-likeness (QED) is 0.801. The number of nitrogens with zero attached hydrogens (tertiary/aromatic N) is 2. The van der Waals surface area contributed by atoms with E-state index < -0.39 is 5.97 Å². The zero-order chi connectivity index (χ0) is 16.9. The van der Waals surface area contributed by atoms with Crippen molar-refractivity contribution in [2.24, 2.45) is 5.92 Å². The zero-order valence-corrected chi connectivity index (χ0v) is 13.7. The number of carbonyl (C=O) groups is 2. The van der Waals surface area contributed by atoms with E-state index >= 15 is 0 Å². The number of hydrogen-bond donors (Lipinski definition) is 0. The van der Waals surface area contributed by atoms with Crippen LogP contribution in [0.5, 0.6) is 0 Å². The summed E-state index contributed by atoms with van der Waals surface area (Å²) in [7, 11) is 0. The van der Waals surface area contributed by atoms with Crippen LogP contribution in [0, 0.1) is 17.2 Å². The summed E-state index contributed by atoms with van der Waals surface area (Å²) in [5.41, 5.74) is 0.843. The van der Waals surface area contributed by atoms with Gasteiger partial charge in [0.05, 0.1) is 17.2 Å². The molecule has 1 saturated heterocycles. The Bertz CT molecular complexity index is 646. The Morgan fingerprint density at radius 1 is 1.12 bits per heavy atom. The van der Waals surface area contributed by atoms with Crippen molar-refractivity contribution < 1.29 is 14.3 Å². The lowest BCUT2D eigenvalue weighted by atomic mass is 9.78. The first-order valence-corrected chi connectivity index (χ1v) is 8.66. The van der Waals surface area contributed by atoms with Gasteiger partial charge in [-0.1, -0.05) is 12.8 Å². The normalized spacial score (nSPS) is 23.0. The smallest absolute Gasteiger partial charge is 0.338 e. The Hall–Kier alpha value is -2.35. The molecule has 1 aromatic rings. The Kier molecular flexibility index (Phi) is 5.14. The van der Waals surface area contributed by atoms with Gasteiger partial charge in [0.15, 0.2) is 6.61 Å². The summed E-state index contributed by atoms with van der Waals surface area (Å²) in [6, 6.07) is 8.55. The third-order valence-electron chi connectivity index (χ3n) is 5.14. The number of esters is 1. The Balaban J connectivity index is 1.56. The first-order valence-electron chi connectivity index (χ1n) is 8.66. The van der Waals surface area contributed by atoms with E-state index in [-0.39, 0.29) is 12.5 Å². The highest BCUT2D eigenvalue weighted by Crippen LogP contribution is 2.35. The number of nitriles is 1. The fraction of sp³-hybridized carbons (Fsp3) is 0.526. The summed E-state index contributed by atoms with van der Waals surface area (Å²) < 4.78 is 5.18. The predicted octanol–water partition coefficient (Wildman–Crippen LogP) is 2.90. The van der Waals surface area contributed by atoms with Crippen LogP contribution in [0.15, 0.2) is 24.3 Å². The molecule has 0 aromatic heterocycles.